The van der Waals surface area contributed by atoms with Gasteiger partial charge in [-0.2, -0.15) is 0 Å². The number of fused-ring (bicyclic) bond motifs is 7. The second-order valence-corrected chi connectivity index (χ2v) is 13.4. The Labute approximate surface area is 195 Å². The lowest BCUT2D eigenvalue weighted by Crippen LogP contribution is -2.61. The highest BCUT2D eigenvalue weighted by atomic mass is 16.7. The molecule has 4 heteroatoms. The second-order valence-electron chi connectivity index (χ2n) is 13.4. The zero-order valence-corrected chi connectivity index (χ0v) is 20.9. The van der Waals surface area contributed by atoms with E-state index in [-0.39, 0.29) is 5.41 Å². The molecule has 0 bridgehead atoms. The Bertz CT molecular complexity index is 731. The van der Waals surface area contributed by atoms with Crippen molar-refractivity contribution in [2.75, 3.05) is 20.3 Å². The van der Waals surface area contributed by atoms with Crippen molar-refractivity contribution in [2.45, 2.75) is 109 Å². The fourth-order valence-corrected chi connectivity index (χ4v) is 10.4. The van der Waals surface area contributed by atoms with E-state index in [1.165, 1.54) is 51.4 Å². The van der Waals surface area contributed by atoms with Crippen molar-refractivity contribution in [3.63, 3.8) is 0 Å². The molecule has 6 rings (SSSR count). The van der Waals surface area contributed by atoms with Gasteiger partial charge >= 0.3 is 0 Å². The van der Waals surface area contributed by atoms with E-state index in [0.717, 1.165) is 44.3 Å². The summed E-state index contributed by atoms with van der Waals surface area (Å²) in [4.78, 5) is 0. The average Bonchev–Trinajstić information content (AvgIpc) is 3.22. The third kappa shape index (κ3) is 2.82. The molecule has 6 fully saturated rings. The summed E-state index contributed by atoms with van der Waals surface area (Å²) >= 11 is 0. The molecule has 4 aliphatic carbocycles. The lowest BCUT2D eigenvalue weighted by Gasteiger charge is -2.63. The number of hydrogen-bond donors (Lipinski definition) is 1. The predicted octanol–water partition coefficient (Wildman–Crippen LogP) is 5.56. The van der Waals surface area contributed by atoms with Crippen LogP contribution in [0.3, 0.4) is 0 Å². The molecule has 0 amide bonds. The van der Waals surface area contributed by atoms with Gasteiger partial charge in [0.2, 0.25) is 0 Å². The van der Waals surface area contributed by atoms with Crippen LogP contribution in [0.2, 0.25) is 0 Å². The van der Waals surface area contributed by atoms with Crippen LogP contribution < -0.4 is 0 Å². The first-order chi connectivity index (χ1) is 15.3. The van der Waals surface area contributed by atoms with Crippen LogP contribution in [-0.2, 0) is 14.2 Å². The van der Waals surface area contributed by atoms with Crippen LogP contribution in [-0.4, -0.2) is 42.9 Å². The Morgan fingerprint density at radius 2 is 1.78 bits per heavy atom. The van der Waals surface area contributed by atoms with Crippen LogP contribution in [0, 0.1) is 46.3 Å². The van der Waals surface area contributed by atoms with Gasteiger partial charge in [0.1, 0.15) is 0 Å². The Hall–Kier alpha value is -0.160. The molecule has 2 unspecified atom stereocenters. The zero-order chi connectivity index (χ0) is 22.4. The number of ether oxygens (including phenoxy) is 3. The molecule has 6 aliphatic rings. The normalized spacial score (nSPS) is 59.3. The topological polar surface area (TPSA) is 47.9 Å². The van der Waals surface area contributed by atoms with E-state index in [9.17, 15) is 5.11 Å². The largest absolute Gasteiger partial charge is 0.389 e. The molecular formula is C28H46O4. The molecule has 32 heavy (non-hydrogen) atoms. The summed E-state index contributed by atoms with van der Waals surface area (Å²) in [5, 5.41) is 11.7. The molecule has 0 aromatic carbocycles. The standard InChI is InChI=1S/C28H46O4/c1-18-7-14-28(31-16-18)22(17-30-4)24-23(32-28)15-21-19-8-13-27(29)11-6-5-10-26(27,3)20(19)9-12-25(21,24)2/h18-24,29H,5-17H2,1-4H3/t18?,19-,20+,21+,22+,23+,24+,25+,26-,27?,28-/m1/s1. The molecule has 2 saturated heterocycles. The number of rotatable bonds is 2. The average molecular weight is 447 g/mol. The van der Waals surface area contributed by atoms with Crippen LogP contribution in [0.4, 0.5) is 0 Å². The molecule has 11 atom stereocenters. The molecule has 1 N–H and O–H groups in total. The molecule has 2 heterocycles. The first kappa shape index (κ1) is 22.3. The van der Waals surface area contributed by atoms with Crippen molar-refractivity contribution in [1.29, 1.82) is 0 Å². The van der Waals surface area contributed by atoms with E-state index in [2.05, 4.69) is 20.8 Å². The smallest absolute Gasteiger partial charge is 0.174 e. The van der Waals surface area contributed by atoms with Crippen LogP contribution in [0.15, 0.2) is 0 Å². The maximum Gasteiger partial charge on any atom is 0.174 e. The van der Waals surface area contributed by atoms with Gasteiger partial charge in [-0.25, -0.2) is 0 Å². The summed E-state index contributed by atoms with van der Waals surface area (Å²) in [5.41, 5.74) is 0.00959. The molecular weight excluding hydrogens is 400 g/mol. The minimum Gasteiger partial charge on any atom is -0.389 e. The summed E-state index contributed by atoms with van der Waals surface area (Å²) in [6.07, 6.45) is 13.3. The van der Waals surface area contributed by atoms with E-state index in [0.29, 0.717) is 35.2 Å². The molecule has 0 aromatic rings. The highest BCUT2D eigenvalue weighted by molar-refractivity contribution is 5.17. The summed E-state index contributed by atoms with van der Waals surface area (Å²) in [6.45, 7) is 8.92. The molecule has 0 radical (unpaired) electrons. The van der Waals surface area contributed by atoms with Gasteiger partial charge in [0.25, 0.3) is 0 Å². The Kier molecular flexibility index (Phi) is 5.17. The quantitative estimate of drug-likeness (QED) is 0.603. The summed E-state index contributed by atoms with van der Waals surface area (Å²) in [6, 6.07) is 0. The summed E-state index contributed by atoms with van der Waals surface area (Å²) in [7, 11) is 1.85. The minimum atomic E-state index is -0.416. The second kappa shape index (κ2) is 7.42. The monoisotopic (exact) mass is 446 g/mol. The highest BCUT2D eigenvalue weighted by Crippen LogP contribution is 2.72. The Morgan fingerprint density at radius 1 is 0.969 bits per heavy atom. The van der Waals surface area contributed by atoms with Crippen LogP contribution in [0.1, 0.15) is 91.4 Å². The third-order valence-corrected chi connectivity index (χ3v) is 12.1. The van der Waals surface area contributed by atoms with Gasteiger partial charge in [-0.3, -0.25) is 0 Å². The Morgan fingerprint density at radius 3 is 2.53 bits per heavy atom. The van der Waals surface area contributed by atoms with Gasteiger partial charge in [-0.05, 0) is 85.9 Å². The fourth-order valence-electron chi connectivity index (χ4n) is 10.4. The van der Waals surface area contributed by atoms with Crippen molar-refractivity contribution in [3.05, 3.63) is 0 Å². The van der Waals surface area contributed by atoms with Crippen molar-refractivity contribution in [2.24, 2.45) is 46.3 Å². The molecule has 4 nitrogen and oxygen atoms in total. The van der Waals surface area contributed by atoms with Gasteiger partial charge in [-0.1, -0.05) is 33.6 Å². The highest BCUT2D eigenvalue weighted by Gasteiger charge is 2.71. The van der Waals surface area contributed by atoms with Gasteiger partial charge < -0.3 is 19.3 Å². The maximum absolute atomic E-state index is 11.7. The van der Waals surface area contributed by atoms with Crippen molar-refractivity contribution in [1.82, 2.24) is 0 Å². The van der Waals surface area contributed by atoms with E-state index in [1.54, 1.807) is 0 Å². The van der Waals surface area contributed by atoms with Crippen molar-refractivity contribution < 1.29 is 19.3 Å². The first-order valence-corrected chi connectivity index (χ1v) is 13.8. The van der Waals surface area contributed by atoms with Gasteiger partial charge in [-0.15, -0.1) is 0 Å². The molecule has 182 valence electrons. The minimum absolute atomic E-state index is 0.115. The molecule has 0 aromatic heterocycles. The number of methoxy groups -OCH3 is 1. The van der Waals surface area contributed by atoms with Gasteiger partial charge in [0.15, 0.2) is 5.79 Å². The van der Waals surface area contributed by atoms with E-state index in [1.807, 2.05) is 7.11 Å². The predicted molar refractivity (Wildman–Crippen MR) is 124 cm³/mol. The van der Waals surface area contributed by atoms with Crippen LogP contribution in [0.5, 0.6) is 0 Å². The first-order valence-electron chi connectivity index (χ1n) is 13.8. The van der Waals surface area contributed by atoms with Crippen molar-refractivity contribution in [3.8, 4) is 0 Å². The summed E-state index contributed by atoms with van der Waals surface area (Å²) in [5.74, 6) is 3.26. The Balaban J connectivity index is 1.30. The van der Waals surface area contributed by atoms with E-state index < -0.39 is 11.4 Å². The fraction of sp³-hybridized carbons (Fsp3) is 1.00. The number of hydrogen-bond acceptors (Lipinski definition) is 4. The molecule has 4 saturated carbocycles. The lowest BCUT2D eigenvalue weighted by molar-refractivity contribution is -0.280. The zero-order valence-electron chi connectivity index (χ0n) is 20.9. The molecule has 1 spiro atoms. The lowest BCUT2D eigenvalue weighted by atomic mass is 9.43. The van der Waals surface area contributed by atoms with E-state index >= 15 is 0 Å². The van der Waals surface area contributed by atoms with Crippen LogP contribution in [0.25, 0.3) is 0 Å². The van der Waals surface area contributed by atoms with Crippen LogP contribution >= 0.6 is 0 Å². The molecule has 2 aliphatic heterocycles. The van der Waals surface area contributed by atoms with Gasteiger partial charge in [0.05, 0.1) is 24.9 Å². The number of aliphatic hydroxyl groups is 1. The maximum atomic E-state index is 11.7. The van der Waals surface area contributed by atoms with Crippen molar-refractivity contribution >= 4 is 0 Å². The SMILES string of the molecule is COC[C@H]1[C@H]2[C@H](C[C@H]3[C@@H]4CCC5(O)CCCC[C@]5(C)[C@H]4CC[C@]23C)O[C@]12CCC(C)CO2. The third-order valence-electron chi connectivity index (χ3n) is 12.1. The summed E-state index contributed by atoms with van der Waals surface area (Å²) < 4.78 is 19.3. The van der Waals surface area contributed by atoms with E-state index in [4.69, 9.17) is 14.2 Å². The van der Waals surface area contributed by atoms with Gasteiger partial charge in [0, 0.05) is 25.4 Å².